The number of nitrogens with one attached hydrogen (secondary N) is 1. The molecule has 3 aromatic rings. The number of allylic oxidation sites excluding steroid dienone is 2. The van der Waals surface area contributed by atoms with Crippen molar-refractivity contribution in [2.24, 2.45) is 5.92 Å². The van der Waals surface area contributed by atoms with Gasteiger partial charge in [-0.05, 0) is 61.1 Å². The number of amides is 2. The number of carbonyl (C=O) groups excluding carboxylic acids is 2. The first-order valence-electron chi connectivity index (χ1n) is 14.0. The Labute approximate surface area is 235 Å². The van der Waals surface area contributed by atoms with Crippen molar-refractivity contribution in [3.63, 3.8) is 0 Å². The van der Waals surface area contributed by atoms with Crippen LogP contribution in [0.15, 0.2) is 91.0 Å². The molecule has 1 N–H and O–H groups in total. The number of halogens is 1. The lowest BCUT2D eigenvalue weighted by Gasteiger charge is -2.37. The molecule has 7 heteroatoms. The predicted molar refractivity (Wildman–Crippen MR) is 155 cm³/mol. The highest BCUT2D eigenvalue weighted by molar-refractivity contribution is 5.97. The van der Waals surface area contributed by atoms with Crippen LogP contribution in [0, 0.1) is 11.7 Å². The molecule has 1 heterocycles. The fourth-order valence-electron chi connectivity index (χ4n) is 5.53. The summed E-state index contributed by atoms with van der Waals surface area (Å²) in [6.45, 7) is 3.08. The van der Waals surface area contributed by atoms with E-state index < -0.39 is 6.04 Å². The third-order valence-electron chi connectivity index (χ3n) is 7.69. The fourth-order valence-corrected chi connectivity index (χ4v) is 5.53. The van der Waals surface area contributed by atoms with E-state index in [0.717, 1.165) is 37.2 Å². The number of hydrogen-bond acceptors (Lipinski definition) is 4. The van der Waals surface area contributed by atoms with E-state index in [1.54, 1.807) is 23.1 Å². The average molecular weight is 542 g/mol. The van der Waals surface area contributed by atoms with Crippen LogP contribution in [-0.2, 0) is 27.3 Å². The van der Waals surface area contributed by atoms with Gasteiger partial charge in [0.2, 0.25) is 11.8 Å². The first kappa shape index (κ1) is 27.6. The van der Waals surface area contributed by atoms with Crippen molar-refractivity contribution in [2.75, 3.05) is 36.5 Å². The molecule has 0 aromatic heterocycles. The highest BCUT2D eigenvalue weighted by Crippen LogP contribution is 2.29. The summed E-state index contributed by atoms with van der Waals surface area (Å²) in [5, 5.41) is 3.08. The smallest absolute Gasteiger partial charge is 0.247 e. The highest BCUT2D eigenvalue weighted by atomic mass is 19.1. The Kier molecular flexibility index (Phi) is 9.24. The predicted octanol–water partition coefficient (Wildman–Crippen LogP) is 5.60. The lowest BCUT2D eigenvalue weighted by molar-refractivity contribution is -0.141. The lowest BCUT2D eigenvalue weighted by Crippen LogP contribution is -2.51. The van der Waals surface area contributed by atoms with Crippen LogP contribution in [0.5, 0.6) is 0 Å². The number of hydrogen-bond donors (Lipinski definition) is 1. The summed E-state index contributed by atoms with van der Waals surface area (Å²) in [5.41, 5.74) is 2.99. The van der Waals surface area contributed by atoms with Crippen molar-refractivity contribution in [1.29, 1.82) is 0 Å². The molecule has 1 aliphatic heterocycles. The van der Waals surface area contributed by atoms with Gasteiger partial charge in [0.1, 0.15) is 11.9 Å². The maximum absolute atomic E-state index is 14.8. The molecule has 3 aromatic carbocycles. The summed E-state index contributed by atoms with van der Waals surface area (Å²) in [6.07, 6.45) is 6.62. The van der Waals surface area contributed by atoms with Crippen LogP contribution in [0.1, 0.15) is 30.4 Å². The minimum absolute atomic E-state index is 0.0204. The van der Waals surface area contributed by atoms with Gasteiger partial charge in [0.25, 0.3) is 0 Å². The summed E-state index contributed by atoms with van der Waals surface area (Å²) in [5.74, 6) is -0.922. The molecule has 2 atom stereocenters. The number of benzene rings is 3. The zero-order chi connectivity index (χ0) is 27.7. The molecule has 0 saturated carbocycles. The van der Waals surface area contributed by atoms with Gasteiger partial charge < -0.3 is 19.9 Å². The molecule has 2 amide bonds. The van der Waals surface area contributed by atoms with Crippen molar-refractivity contribution in [1.82, 2.24) is 4.90 Å². The number of rotatable bonds is 9. The molecule has 1 aliphatic carbocycles. The van der Waals surface area contributed by atoms with Gasteiger partial charge in [0, 0.05) is 36.6 Å². The maximum atomic E-state index is 14.8. The zero-order valence-electron chi connectivity index (χ0n) is 22.7. The normalized spacial score (nSPS) is 17.7. The van der Waals surface area contributed by atoms with Crippen LogP contribution in [0.4, 0.5) is 15.8 Å². The molecule has 0 radical (unpaired) electrons. The number of morpholine rings is 1. The quantitative estimate of drug-likeness (QED) is 0.359. The first-order valence-corrected chi connectivity index (χ1v) is 14.0. The highest BCUT2D eigenvalue weighted by Gasteiger charge is 2.37. The molecule has 208 valence electrons. The molecule has 1 fully saturated rings. The molecule has 0 spiro atoms. The van der Waals surface area contributed by atoms with E-state index >= 15 is 0 Å². The van der Waals surface area contributed by atoms with Crippen molar-refractivity contribution < 1.29 is 18.7 Å². The largest absolute Gasteiger partial charge is 0.378 e. The monoisotopic (exact) mass is 541 g/mol. The van der Waals surface area contributed by atoms with Gasteiger partial charge >= 0.3 is 0 Å². The summed E-state index contributed by atoms with van der Waals surface area (Å²) < 4.78 is 20.3. The summed E-state index contributed by atoms with van der Waals surface area (Å²) in [6, 6.07) is 23.0. The zero-order valence-corrected chi connectivity index (χ0v) is 22.7. The van der Waals surface area contributed by atoms with Crippen LogP contribution in [-0.4, -0.2) is 49.1 Å². The molecule has 1 saturated heterocycles. The minimum Gasteiger partial charge on any atom is -0.378 e. The minimum atomic E-state index is -0.750. The van der Waals surface area contributed by atoms with Crippen LogP contribution in [0.2, 0.25) is 0 Å². The Morgan fingerprint density at radius 2 is 1.68 bits per heavy atom. The molecule has 0 bridgehead atoms. The van der Waals surface area contributed by atoms with E-state index in [4.69, 9.17) is 4.74 Å². The molecule has 2 aliphatic rings. The van der Waals surface area contributed by atoms with Gasteiger partial charge in [-0.2, -0.15) is 0 Å². The molecular formula is C33H36FN3O3. The van der Waals surface area contributed by atoms with Crippen LogP contribution >= 0.6 is 0 Å². The summed E-state index contributed by atoms with van der Waals surface area (Å²) >= 11 is 0. The van der Waals surface area contributed by atoms with Gasteiger partial charge in [-0.1, -0.05) is 60.7 Å². The van der Waals surface area contributed by atoms with E-state index in [1.165, 1.54) is 6.07 Å². The van der Waals surface area contributed by atoms with E-state index in [0.29, 0.717) is 30.9 Å². The summed E-state index contributed by atoms with van der Waals surface area (Å²) in [4.78, 5) is 31.7. The Morgan fingerprint density at radius 1 is 0.950 bits per heavy atom. The number of anilines is 2. The van der Waals surface area contributed by atoms with Crippen molar-refractivity contribution >= 4 is 23.2 Å². The van der Waals surface area contributed by atoms with Crippen LogP contribution in [0.25, 0.3) is 0 Å². The fraction of sp³-hybridized carbons (Fsp3) is 0.333. The number of carbonyl (C=O) groups is 2. The van der Waals surface area contributed by atoms with Crippen molar-refractivity contribution in [3.8, 4) is 0 Å². The number of ether oxygens (including phenoxy) is 1. The Balaban J connectivity index is 1.42. The Bertz CT molecular complexity index is 1310. The molecule has 5 rings (SSSR count). The topological polar surface area (TPSA) is 61.9 Å². The van der Waals surface area contributed by atoms with E-state index in [9.17, 15) is 14.0 Å². The van der Waals surface area contributed by atoms with Crippen LogP contribution in [0.3, 0.4) is 0 Å². The molecule has 40 heavy (non-hydrogen) atoms. The van der Waals surface area contributed by atoms with Gasteiger partial charge in [0.05, 0.1) is 19.6 Å². The maximum Gasteiger partial charge on any atom is 0.247 e. The van der Waals surface area contributed by atoms with E-state index in [1.807, 2.05) is 54.6 Å². The van der Waals surface area contributed by atoms with Gasteiger partial charge in [-0.3, -0.25) is 9.59 Å². The SMILES string of the molecule is O=C(Nc1ccc(N2CCOCC2)cc1)C(C1CC=CCC1)N(Cc1ccccc1F)C(=O)Cc1ccccc1. The Hall–Kier alpha value is -3.97. The summed E-state index contributed by atoms with van der Waals surface area (Å²) in [7, 11) is 0. The first-order chi connectivity index (χ1) is 19.6. The average Bonchev–Trinajstić information content (AvgIpc) is 3.00. The molecular weight excluding hydrogens is 505 g/mol. The van der Waals surface area contributed by atoms with Crippen LogP contribution < -0.4 is 10.2 Å². The van der Waals surface area contributed by atoms with Gasteiger partial charge in [-0.15, -0.1) is 0 Å². The van der Waals surface area contributed by atoms with Crippen molar-refractivity contribution in [2.45, 2.75) is 38.3 Å². The second-order valence-corrected chi connectivity index (χ2v) is 10.4. The molecule has 2 unspecified atom stereocenters. The van der Waals surface area contributed by atoms with Gasteiger partial charge in [0.15, 0.2) is 0 Å². The number of nitrogens with zero attached hydrogens (tertiary/aromatic N) is 2. The molecule has 6 nitrogen and oxygen atoms in total. The second kappa shape index (κ2) is 13.4. The third-order valence-corrected chi connectivity index (χ3v) is 7.69. The van der Waals surface area contributed by atoms with E-state index in [2.05, 4.69) is 22.4 Å². The third kappa shape index (κ3) is 6.96. The van der Waals surface area contributed by atoms with E-state index in [-0.39, 0.29) is 36.5 Å². The second-order valence-electron chi connectivity index (χ2n) is 10.4. The lowest BCUT2D eigenvalue weighted by atomic mass is 9.85. The van der Waals surface area contributed by atoms with Gasteiger partial charge in [-0.25, -0.2) is 4.39 Å². The Morgan fingerprint density at radius 3 is 2.38 bits per heavy atom. The van der Waals surface area contributed by atoms with Crippen molar-refractivity contribution in [3.05, 3.63) is 108 Å². The standard InChI is InChI=1S/C33H36FN3O3/c34-30-14-8-7-13-27(30)24-37(31(38)23-25-9-3-1-4-10-25)32(26-11-5-2-6-12-26)33(39)35-28-15-17-29(18-16-28)36-19-21-40-22-20-36/h1-5,7-10,13-18,26,32H,6,11-12,19-24H2,(H,35,39).